The number of carbonyl (C=O) groups is 1. The van der Waals surface area contributed by atoms with Crippen LogP contribution in [0.15, 0.2) is 17.1 Å². The Balaban J connectivity index is 1.44. The van der Waals surface area contributed by atoms with Crippen molar-refractivity contribution < 1.29 is 4.79 Å². The predicted octanol–water partition coefficient (Wildman–Crippen LogP) is 3.78. The smallest absolute Gasteiger partial charge is 0.288 e. The van der Waals surface area contributed by atoms with E-state index in [4.69, 9.17) is 11.6 Å². The van der Waals surface area contributed by atoms with Crippen LogP contribution in [0.3, 0.4) is 0 Å². The predicted molar refractivity (Wildman–Crippen MR) is 116 cm³/mol. The van der Waals surface area contributed by atoms with E-state index in [0.29, 0.717) is 33.9 Å². The summed E-state index contributed by atoms with van der Waals surface area (Å²) < 4.78 is 5.20. The fraction of sp³-hybridized carbons (Fsp3) is 0.600. The number of hydrogen-bond donors (Lipinski definition) is 2. The van der Waals surface area contributed by atoms with E-state index < -0.39 is 5.56 Å². The van der Waals surface area contributed by atoms with Crippen molar-refractivity contribution in [3.63, 3.8) is 0 Å². The lowest BCUT2D eigenvalue weighted by atomic mass is 9.45. The van der Waals surface area contributed by atoms with Crippen molar-refractivity contribution in [2.45, 2.75) is 53.1 Å². The Morgan fingerprint density at radius 3 is 2.79 bits per heavy atom. The normalized spacial score (nSPS) is 27.2. The number of aryl methyl sites for hydroxylation is 1. The molecule has 3 aliphatic rings. The Kier molecular flexibility index (Phi) is 5.19. The van der Waals surface area contributed by atoms with Gasteiger partial charge < -0.3 is 10.6 Å². The van der Waals surface area contributed by atoms with Crippen molar-refractivity contribution in [1.82, 2.24) is 14.2 Å². The van der Waals surface area contributed by atoms with Crippen LogP contribution in [0.5, 0.6) is 0 Å². The van der Waals surface area contributed by atoms with Gasteiger partial charge in [0.25, 0.3) is 5.56 Å². The highest BCUT2D eigenvalue weighted by atomic mass is 35.5. The molecular weight excluding hydrogens is 410 g/mol. The summed E-state index contributed by atoms with van der Waals surface area (Å²) in [5.41, 5.74) is 1.30. The number of nitrogens with one attached hydrogen (secondary N) is 2. The molecule has 0 saturated heterocycles. The van der Waals surface area contributed by atoms with Gasteiger partial charge in [-0.25, -0.2) is 4.68 Å². The number of amides is 1. The molecule has 3 aliphatic carbocycles. The maximum absolute atomic E-state index is 12.6. The Morgan fingerprint density at radius 1 is 1.41 bits per heavy atom. The van der Waals surface area contributed by atoms with Gasteiger partial charge in [0.05, 0.1) is 17.6 Å². The number of nitrogens with zero attached hydrogens (tertiary/aromatic N) is 3. The highest BCUT2D eigenvalue weighted by molar-refractivity contribution is 7.10. The number of carbonyl (C=O) groups excluding carboxylic acids is 1. The zero-order chi connectivity index (χ0) is 20.9. The third kappa shape index (κ3) is 3.68. The zero-order valence-corrected chi connectivity index (χ0v) is 18.6. The van der Waals surface area contributed by atoms with E-state index in [1.54, 1.807) is 12.3 Å². The molecule has 9 heteroatoms. The standard InChI is InChI=1S/C20H26ClN5O2S/c1-10-5-17(29-25-10)24-16(27)9-26-19(28)18(21)15(8-22-26)23-14-7-12-6-13(11(14)2)20(12,3)4/h5,8,11-14,23H,6-7,9H2,1-4H3,(H,24,27)/t11-,12-,13+,14-/m1/s1. The molecular formula is C20H26ClN5O2S. The van der Waals surface area contributed by atoms with Crippen LogP contribution in [0, 0.1) is 30.1 Å². The first-order valence-corrected chi connectivity index (χ1v) is 11.1. The lowest BCUT2D eigenvalue weighted by Crippen LogP contribution is -2.58. The Morgan fingerprint density at radius 2 is 2.17 bits per heavy atom. The van der Waals surface area contributed by atoms with Crippen LogP contribution in [-0.2, 0) is 11.3 Å². The SMILES string of the molecule is Cc1cc(NC(=O)Cn2ncc(N[C@@H]3C[C@H]4C[C@@H]([C@H]3C)C4(C)C)c(Cl)c2=O)sn1. The largest absolute Gasteiger partial charge is 0.379 e. The molecule has 3 fully saturated rings. The van der Waals surface area contributed by atoms with Gasteiger partial charge in [0, 0.05) is 6.04 Å². The molecule has 7 nitrogen and oxygen atoms in total. The van der Waals surface area contributed by atoms with Crippen LogP contribution in [0.2, 0.25) is 5.02 Å². The fourth-order valence-electron chi connectivity index (χ4n) is 4.95. The number of aromatic nitrogens is 3. The van der Waals surface area contributed by atoms with Crippen LogP contribution >= 0.6 is 23.1 Å². The molecule has 5 rings (SSSR count). The van der Waals surface area contributed by atoms with Crippen LogP contribution in [0.4, 0.5) is 10.7 Å². The van der Waals surface area contributed by atoms with E-state index in [2.05, 4.69) is 40.9 Å². The molecule has 1 amide bonds. The summed E-state index contributed by atoms with van der Waals surface area (Å²) in [6, 6.07) is 2.05. The van der Waals surface area contributed by atoms with E-state index in [1.807, 2.05) is 6.92 Å². The number of fused-ring (bicyclic) bond motifs is 2. The molecule has 0 aromatic carbocycles. The highest BCUT2D eigenvalue weighted by Gasteiger charge is 2.56. The van der Waals surface area contributed by atoms with Gasteiger partial charge in [-0.3, -0.25) is 9.59 Å². The first kappa shape index (κ1) is 20.3. The van der Waals surface area contributed by atoms with Gasteiger partial charge in [0.15, 0.2) is 0 Å². The molecule has 2 aromatic rings. The van der Waals surface area contributed by atoms with E-state index in [0.717, 1.165) is 16.8 Å². The zero-order valence-electron chi connectivity index (χ0n) is 17.0. The second-order valence-electron chi connectivity index (χ2n) is 8.92. The summed E-state index contributed by atoms with van der Waals surface area (Å²) in [4.78, 5) is 24.8. The molecule has 0 aliphatic heterocycles. The van der Waals surface area contributed by atoms with Crippen LogP contribution in [-0.4, -0.2) is 26.1 Å². The molecule has 4 atom stereocenters. The average Bonchev–Trinajstić information content (AvgIpc) is 3.06. The molecule has 156 valence electrons. The van der Waals surface area contributed by atoms with Crippen LogP contribution in [0.1, 0.15) is 39.3 Å². The van der Waals surface area contributed by atoms with Gasteiger partial charge in [-0.05, 0) is 60.5 Å². The van der Waals surface area contributed by atoms with E-state index >= 15 is 0 Å². The number of halogens is 1. The fourth-order valence-corrected chi connectivity index (χ4v) is 5.83. The summed E-state index contributed by atoms with van der Waals surface area (Å²) in [5, 5.41) is 11.0. The molecule has 0 unspecified atom stereocenters. The number of rotatable bonds is 5. The van der Waals surface area contributed by atoms with E-state index in [1.165, 1.54) is 18.0 Å². The lowest BCUT2D eigenvalue weighted by Gasteiger charge is -2.62. The first-order chi connectivity index (χ1) is 13.7. The lowest BCUT2D eigenvalue weighted by molar-refractivity contribution is -0.117. The molecule has 3 saturated carbocycles. The van der Waals surface area contributed by atoms with Gasteiger partial charge in [-0.1, -0.05) is 32.4 Å². The summed E-state index contributed by atoms with van der Waals surface area (Å²) in [5.74, 6) is 1.54. The maximum Gasteiger partial charge on any atom is 0.288 e. The molecule has 2 aromatic heterocycles. The van der Waals surface area contributed by atoms with Crippen molar-refractivity contribution in [3.8, 4) is 0 Å². The van der Waals surface area contributed by atoms with Gasteiger partial charge in [-0.2, -0.15) is 9.47 Å². The molecule has 2 N–H and O–H groups in total. The average molecular weight is 436 g/mol. The summed E-state index contributed by atoms with van der Waals surface area (Å²) in [6.45, 7) is 8.63. The van der Waals surface area contributed by atoms with Crippen molar-refractivity contribution in [3.05, 3.63) is 33.3 Å². The Bertz CT molecular complexity index is 1000. The van der Waals surface area contributed by atoms with Crippen molar-refractivity contribution in [2.75, 3.05) is 10.6 Å². The minimum absolute atomic E-state index is 0.0761. The van der Waals surface area contributed by atoms with Gasteiger partial charge in [0.1, 0.15) is 16.6 Å². The number of hydrogen-bond acceptors (Lipinski definition) is 6. The van der Waals surface area contributed by atoms with Crippen LogP contribution in [0.25, 0.3) is 0 Å². The Hall–Kier alpha value is -1.93. The minimum atomic E-state index is -0.471. The van der Waals surface area contributed by atoms with E-state index in [9.17, 15) is 9.59 Å². The summed E-state index contributed by atoms with van der Waals surface area (Å²) in [7, 11) is 0. The maximum atomic E-state index is 12.6. The molecule has 2 heterocycles. The second-order valence-corrected chi connectivity index (χ2v) is 10.1. The van der Waals surface area contributed by atoms with E-state index in [-0.39, 0.29) is 23.5 Å². The summed E-state index contributed by atoms with van der Waals surface area (Å²) in [6.07, 6.45) is 3.90. The highest BCUT2D eigenvalue weighted by Crippen LogP contribution is 2.61. The number of anilines is 2. The van der Waals surface area contributed by atoms with Crippen molar-refractivity contribution >= 4 is 39.7 Å². The molecule has 0 spiro atoms. The molecule has 2 bridgehead atoms. The quantitative estimate of drug-likeness (QED) is 0.745. The minimum Gasteiger partial charge on any atom is -0.379 e. The Labute approximate surface area is 179 Å². The van der Waals surface area contributed by atoms with Gasteiger partial charge in [-0.15, -0.1) is 0 Å². The van der Waals surface area contributed by atoms with Crippen LogP contribution < -0.4 is 16.2 Å². The molecule has 0 radical (unpaired) electrons. The monoisotopic (exact) mass is 435 g/mol. The van der Waals surface area contributed by atoms with Crippen molar-refractivity contribution in [2.24, 2.45) is 23.2 Å². The second kappa shape index (κ2) is 7.40. The topological polar surface area (TPSA) is 88.9 Å². The first-order valence-electron chi connectivity index (χ1n) is 9.92. The third-order valence-corrected chi connectivity index (χ3v) is 8.03. The van der Waals surface area contributed by atoms with Gasteiger partial charge in [0.2, 0.25) is 5.91 Å². The van der Waals surface area contributed by atoms with Gasteiger partial charge >= 0.3 is 0 Å². The summed E-state index contributed by atoms with van der Waals surface area (Å²) >= 11 is 7.54. The third-order valence-electron chi connectivity index (χ3n) is 6.86. The molecule has 29 heavy (non-hydrogen) atoms. The van der Waals surface area contributed by atoms with Crippen molar-refractivity contribution in [1.29, 1.82) is 0 Å².